The maximum absolute atomic E-state index is 12.1. The quantitative estimate of drug-likeness (QED) is 0.870. The molecule has 3 N–H and O–H groups in total. The minimum absolute atomic E-state index is 0.177. The molecular formula is C14H22N4O. The lowest BCUT2D eigenvalue weighted by Crippen LogP contribution is -2.40. The Morgan fingerprint density at radius 1 is 1.53 bits per heavy atom. The van der Waals surface area contributed by atoms with E-state index in [4.69, 9.17) is 5.73 Å². The molecule has 0 atom stereocenters. The molecule has 1 aromatic heterocycles. The van der Waals surface area contributed by atoms with E-state index in [1.54, 1.807) is 0 Å². The first kappa shape index (κ1) is 13.8. The van der Waals surface area contributed by atoms with Gasteiger partial charge in [-0.05, 0) is 18.3 Å². The molecule has 0 aliphatic heterocycles. The zero-order valence-electron chi connectivity index (χ0n) is 11.9. The van der Waals surface area contributed by atoms with Gasteiger partial charge in [0.05, 0.1) is 11.9 Å². The van der Waals surface area contributed by atoms with Gasteiger partial charge in [0.15, 0.2) is 5.69 Å². The maximum atomic E-state index is 12.1. The molecule has 1 fully saturated rings. The number of hydrogen-bond acceptors (Lipinski definition) is 4. The molecule has 1 aromatic rings. The molecule has 1 heterocycles. The van der Waals surface area contributed by atoms with Gasteiger partial charge in [-0.1, -0.05) is 27.2 Å². The Morgan fingerprint density at radius 2 is 2.21 bits per heavy atom. The van der Waals surface area contributed by atoms with Crippen LogP contribution in [-0.4, -0.2) is 22.4 Å². The van der Waals surface area contributed by atoms with E-state index in [2.05, 4.69) is 22.2 Å². The Bertz CT molecular complexity index is 480. The number of aromatic nitrogens is 2. The molecule has 104 valence electrons. The van der Waals surface area contributed by atoms with Crippen molar-refractivity contribution in [2.24, 2.45) is 5.41 Å². The van der Waals surface area contributed by atoms with Gasteiger partial charge in [-0.15, -0.1) is 0 Å². The largest absolute Gasteiger partial charge is 0.396 e. The summed E-state index contributed by atoms with van der Waals surface area (Å²) in [6, 6.07) is 0. The molecule has 0 spiro atoms. The van der Waals surface area contributed by atoms with E-state index < -0.39 is 0 Å². The minimum Gasteiger partial charge on any atom is -0.396 e. The summed E-state index contributed by atoms with van der Waals surface area (Å²) in [5.74, 6) is 0.625. The fraction of sp³-hybridized carbons (Fsp3) is 0.643. The van der Waals surface area contributed by atoms with Crippen molar-refractivity contribution in [2.75, 3.05) is 12.3 Å². The second kappa shape index (κ2) is 5.15. The van der Waals surface area contributed by atoms with Crippen molar-refractivity contribution >= 4 is 11.6 Å². The van der Waals surface area contributed by atoms with Gasteiger partial charge in [-0.3, -0.25) is 4.79 Å². The third kappa shape index (κ3) is 3.03. The highest BCUT2D eigenvalue weighted by atomic mass is 16.1. The van der Waals surface area contributed by atoms with E-state index >= 15 is 0 Å². The Labute approximate surface area is 114 Å². The summed E-state index contributed by atoms with van der Waals surface area (Å²) < 4.78 is 0. The average molecular weight is 262 g/mol. The predicted molar refractivity (Wildman–Crippen MR) is 74.8 cm³/mol. The van der Waals surface area contributed by atoms with Crippen molar-refractivity contribution < 1.29 is 4.79 Å². The van der Waals surface area contributed by atoms with Gasteiger partial charge in [0.25, 0.3) is 5.91 Å². The first-order valence-corrected chi connectivity index (χ1v) is 6.82. The average Bonchev–Trinajstić information content (AvgIpc) is 2.34. The zero-order chi connectivity index (χ0) is 14.0. The van der Waals surface area contributed by atoms with Gasteiger partial charge in [0, 0.05) is 12.5 Å². The summed E-state index contributed by atoms with van der Waals surface area (Å²) in [5, 5.41) is 2.94. The highest BCUT2D eigenvalue weighted by molar-refractivity contribution is 5.96. The van der Waals surface area contributed by atoms with Crippen LogP contribution in [0.15, 0.2) is 6.20 Å². The van der Waals surface area contributed by atoms with Gasteiger partial charge in [0.1, 0.15) is 5.82 Å². The number of rotatable bonds is 4. The third-order valence-electron chi connectivity index (χ3n) is 3.80. The molecule has 0 bridgehead atoms. The Morgan fingerprint density at radius 3 is 2.74 bits per heavy atom. The summed E-state index contributed by atoms with van der Waals surface area (Å²) in [4.78, 5) is 20.6. The number of amides is 1. The topological polar surface area (TPSA) is 80.9 Å². The number of nitrogens with zero attached hydrogens (tertiary/aromatic N) is 2. The van der Waals surface area contributed by atoms with Crippen LogP contribution in [0.3, 0.4) is 0 Å². The van der Waals surface area contributed by atoms with Crippen molar-refractivity contribution in [3.8, 4) is 0 Å². The first-order chi connectivity index (χ1) is 8.91. The SMILES string of the molecule is CC(C)c1ncc(N)c(C(=O)NCC2(C)CCC2)n1. The molecule has 1 aliphatic carbocycles. The van der Waals surface area contributed by atoms with E-state index in [9.17, 15) is 4.79 Å². The van der Waals surface area contributed by atoms with Crippen molar-refractivity contribution in [3.05, 3.63) is 17.7 Å². The van der Waals surface area contributed by atoms with E-state index in [0.717, 1.165) is 0 Å². The first-order valence-electron chi connectivity index (χ1n) is 6.82. The Kier molecular flexibility index (Phi) is 3.73. The molecule has 0 saturated heterocycles. The van der Waals surface area contributed by atoms with Crippen molar-refractivity contribution in [1.29, 1.82) is 0 Å². The number of carbonyl (C=O) groups is 1. The molecule has 0 aromatic carbocycles. The van der Waals surface area contributed by atoms with Crippen molar-refractivity contribution in [2.45, 2.75) is 46.0 Å². The summed E-state index contributed by atoms with van der Waals surface area (Å²) in [7, 11) is 0. The molecule has 1 aliphatic rings. The van der Waals surface area contributed by atoms with Crippen LogP contribution in [0.2, 0.25) is 0 Å². The molecule has 1 amide bonds. The van der Waals surface area contributed by atoms with Crippen molar-refractivity contribution in [3.63, 3.8) is 0 Å². The Balaban J connectivity index is 2.07. The van der Waals surface area contributed by atoms with E-state index in [1.807, 2.05) is 13.8 Å². The standard InChI is InChI=1S/C14H22N4O/c1-9(2)12-16-7-10(15)11(18-12)13(19)17-8-14(3)5-4-6-14/h7,9H,4-6,8,15H2,1-3H3,(H,17,19). The molecule has 0 radical (unpaired) electrons. The molecule has 5 nitrogen and oxygen atoms in total. The summed E-state index contributed by atoms with van der Waals surface area (Å²) >= 11 is 0. The fourth-order valence-corrected chi connectivity index (χ4v) is 2.20. The molecule has 5 heteroatoms. The number of nitrogens with two attached hydrogens (primary N) is 1. The monoisotopic (exact) mass is 262 g/mol. The van der Waals surface area contributed by atoms with Crippen LogP contribution in [0.25, 0.3) is 0 Å². The lowest BCUT2D eigenvalue weighted by atomic mass is 9.70. The van der Waals surface area contributed by atoms with E-state index in [1.165, 1.54) is 25.5 Å². The van der Waals surface area contributed by atoms with Gasteiger partial charge < -0.3 is 11.1 Å². The minimum atomic E-state index is -0.199. The normalized spacial score (nSPS) is 17.1. The lowest BCUT2D eigenvalue weighted by molar-refractivity contribution is 0.0886. The van der Waals surface area contributed by atoms with Gasteiger partial charge in [-0.2, -0.15) is 0 Å². The molecule has 1 saturated carbocycles. The Hall–Kier alpha value is -1.65. The second-order valence-electron chi connectivity index (χ2n) is 6.03. The van der Waals surface area contributed by atoms with Crippen LogP contribution in [0.1, 0.15) is 62.3 Å². The third-order valence-corrected chi connectivity index (χ3v) is 3.80. The van der Waals surface area contributed by atoms with E-state index in [0.29, 0.717) is 23.8 Å². The predicted octanol–water partition coefficient (Wildman–Crippen LogP) is 2.10. The lowest BCUT2D eigenvalue weighted by Gasteiger charge is -2.38. The number of carbonyl (C=O) groups excluding carboxylic acids is 1. The summed E-state index contributed by atoms with van der Waals surface area (Å²) in [6.45, 7) is 6.86. The van der Waals surface area contributed by atoms with Gasteiger partial charge in [-0.25, -0.2) is 9.97 Å². The number of anilines is 1. The highest BCUT2D eigenvalue weighted by Gasteiger charge is 2.32. The number of nitrogen functional groups attached to an aromatic ring is 1. The number of nitrogens with one attached hydrogen (secondary N) is 1. The second-order valence-corrected chi connectivity index (χ2v) is 6.03. The van der Waals surface area contributed by atoms with Crippen LogP contribution in [-0.2, 0) is 0 Å². The van der Waals surface area contributed by atoms with Crippen LogP contribution in [0, 0.1) is 5.41 Å². The summed E-state index contributed by atoms with van der Waals surface area (Å²) in [5.41, 5.74) is 6.67. The van der Waals surface area contributed by atoms with Crippen LogP contribution in [0.5, 0.6) is 0 Å². The highest BCUT2D eigenvalue weighted by Crippen LogP contribution is 2.39. The van der Waals surface area contributed by atoms with Crippen LogP contribution in [0.4, 0.5) is 5.69 Å². The molecule has 0 unspecified atom stereocenters. The van der Waals surface area contributed by atoms with Crippen LogP contribution < -0.4 is 11.1 Å². The van der Waals surface area contributed by atoms with E-state index in [-0.39, 0.29) is 17.2 Å². The fourth-order valence-electron chi connectivity index (χ4n) is 2.20. The van der Waals surface area contributed by atoms with Crippen molar-refractivity contribution in [1.82, 2.24) is 15.3 Å². The van der Waals surface area contributed by atoms with Gasteiger partial charge in [0.2, 0.25) is 0 Å². The molecular weight excluding hydrogens is 240 g/mol. The van der Waals surface area contributed by atoms with Gasteiger partial charge >= 0.3 is 0 Å². The zero-order valence-corrected chi connectivity index (χ0v) is 11.9. The maximum Gasteiger partial charge on any atom is 0.272 e. The van der Waals surface area contributed by atoms with Crippen LogP contribution >= 0.6 is 0 Å². The summed E-state index contributed by atoms with van der Waals surface area (Å²) in [6.07, 6.45) is 5.11. The smallest absolute Gasteiger partial charge is 0.272 e. The molecule has 2 rings (SSSR count). The molecule has 19 heavy (non-hydrogen) atoms. The number of hydrogen-bond donors (Lipinski definition) is 2.